The topological polar surface area (TPSA) is 105 Å². The lowest BCUT2D eigenvalue weighted by molar-refractivity contribution is -0.130. The molecular weight excluding hydrogens is 434 g/mol. The summed E-state index contributed by atoms with van der Waals surface area (Å²) in [5.41, 5.74) is 0.653. The van der Waals surface area contributed by atoms with Gasteiger partial charge in [-0.2, -0.15) is 0 Å². The molecule has 3 aromatic rings. The summed E-state index contributed by atoms with van der Waals surface area (Å²) in [4.78, 5) is 51.6. The molecule has 0 saturated carbocycles. The first-order valence-electron chi connectivity index (χ1n) is 10.6. The van der Waals surface area contributed by atoms with Crippen LogP contribution in [0.4, 0.5) is 10.5 Å². The van der Waals surface area contributed by atoms with E-state index in [0.29, 0.717) is 28.1 Å². The maximum atomic E-state index is 13.1. The Morgan fingerprint density at radius 2 is 1.56 bits per heavy atom. The van der Waals surface area contributed by atoms with Crippen LogP contribution >= 0.6 is 0 Å². The summed E-state index contributed by atoms with van der Waals surface area (Å²) >= 11 is 0. The Labute approximate surface area is 196 Å². The first-order valence-corrected chi connectivity index (χ1v) is 10.6. The van der Waals surface area contributed by atoms with Crippen molar-refractivity contribution in [1.29, 1.82) is 0 Å². The second-order valence-corrected chi connectivity index (χ2v) is 8.00. The Morgan fingerprint density at radius 3 is 2.18 bits per heavy atom. The van der Waals surface area contributed by atoms with Gasteiger partial charge in [-0.05, 0) is 61.0 Å². The van der Waals surface area contributed by atoms with E-state index in [1.54, 1.807) is 79.7 Å². The van der Waals surface area contributed by atoms with Crippen molar-refractivity contribution < 1.29 is 23.9 Å². The van der Waals surface area contributed by atoms with Crippen molar-refractivity contribution in [3.05, 3.63) is 95.6 Å². The van der Waals surface area contributed by atoms with Gasteiger partial charge in [-0.1, -0.05) is 30.3 Å². The summed E-state index contributed by atoms with van der Waals surface area (Å²) < 4.78 is 5.14. The molecule has 1 atom stereocenters. The molecule has 0 radical (unpaired) electrons. The van der Waals surface area contributed by atoms with Crippen LogP contribution in [-0.4, -0.2) is 42.2 Å². The summed E-state index contributed by atoms with van der Waals surface area (Å²) in [5.74, 6) is -0.553. The van der Waals surface area contributed by atoms with E-state index in [1.807, 2.05) is 6.07 Å². The summed E-state index contributed by atoms with van der Waals surface area (Å²) in [6, 6.07) is 21.2. The highest BCUT2D eigenvalue weighted by Gasteiger charge is 2.49. The van der Waals surface area contributed by atoms with Crippen LogP contribution in [0.25, 0.3) is 0 Å². The number of Topliss-reactive ketones (excluding diaryl/α,β-unsaturated/α-hetero) is 1. The number of carbonyl (C=O) groups excluding carboxylic acids is 4. The smallest absolute Gasteiger partial charge is 0.325 e. The van der Waals surface area contributed by atoms with E-state index in [-0.39, 0.29) is 5.91 Å². The fourth-order valence-corrected chi connectivity index (χ4v) is 3.73. The summed E-state index contributed by atoms with van der Waals surface area (Å²) in [6.07, 6.45) is 0. The van der Waals surface area contributed by atoms with Crippen molar-refractivity contribution in [2.45, 2.75) is 12.5 Å². The quantitative estimate of drug-likeness (QED) is 0.417. The van der Waals surface area contributed by atoms with Crippen molar-refractivity contribution in [3.8, 4) is 5.75 Å². The molecule has 1 fully saturated rings. The van der Waals surface area contributed by atoms with Gasteiger partial charge in [0.1, 0.15) is 11.3 Å². The molecule has 0 bridgehead atoms. The van der Waals surface area contributed by atoms with E-state index in [4.69, 9.17) is 4.74 Å². The molecule has 172 valence electrons. The maximum absolute atomic E-state index is 13.1. The number of urea groups is 1. The van der Waals surface area contributed by atoms with Crippen molar-refractivity contribution in [2.24, 2.45) is 0 Å². The van der Waals surface area contributed by atoms with Crippen LogP contribution < -0.4 is 15.4 Å². The van der Waals surface area contributed by atoms with Crippen LogP contribution in [0.3, 0.4) is 0 Å². The van der Waals surface area contributed by atoms with Gasteiger partial charge >= 0.3 is 6.03 Å². The minimum atomic E-state index is -1.28. The molecule has 1 saturated heterocycles. The van der Waals surface area contributed by atoms with E-state index in [2.05, 4.69) is 10.6 Å². The Morgan fingerprint density at radius 1 is 0.912 bits per heavy atom. The third-order valence-corrected chi connectivity index (χ3v) is 5.74. The summed E-state index contributed by atoms with van der Waals surface area (Å²) in [5, 5.41) is 5.44. The van der Waals surface area contributed by atoms with E-state index in [1.165, 1.54) is 7.11 Å². The molecule has 8 nitrogen and oxygen atoms in total. The SMILES string of the molecule is COc1ccc([C@]2(C)NC(=O)N(CC(=O)c3ccc(NC(=O)c4ccccc4)cc3)C2=O)cc1. The average Bonchev–Trinajstić information content (AvgIpc) is 3.08. The predicted molar refractivity (Wildman–Crippen MR) is 126 cm³/mol. The molecule has 2 N–H and O–H groups in total. The van der Waals surface area contributed by atoms with E-state index in [9.17, 15) is 19.2 Å². The molecular formula is C26H23N3O5. The molecule has 8 heteroatoms. The molecule has 0 unspecified atom stereocenters. The number of methoxy groups -OCH3 is 1. The molecule has 1 aliphatic rings. The number of hydrogen-bond acceptors (Lipinski definition) is 5. The lowest BCUT2D eigenvalue weighted by atomic mass is 9.92. The number of rotatable bonds is 7. The number of imide groups is 1. The largest absolute Gasteiger partial charge is 0.497 e. The Kier molecular flexibility index (Phi) is 6.14. The van der Waals surface area contributed by atoms with E-state index >= 15 is 0 Å². The maximum Gasteiger partial charge on any atom is 0.325 e. The second-order valence-electron chi connectivity index (χ2n) is 8.00. The van der Waals surface area contributed by atoms with Crippen LogP contribution in [0.2, 0.25) is 0 Å². The Bertz CT molecular complexity index is 1240. The fraction of sp³-hybridized carbons (Fsp3) is 0.154. The zero-order valence-corrected chi connectivity index (χ0v) is 18.7. The average molecular weight is 457 g/mol. The first kappa shape index (κ1) is 22.7. The zero-order chi connectivity index (χ0) is 24.3. The summed E-state index contributed by atoms with van der Waals surface area (Å²) in [6.45, 7) is 1.20. The monoisotopic (exact) mass is 457 g/mol. The van der Waals surface area contributed by atoms with Crippen molar-refractivity contribution in [3.63, 3.8) is 0 Å². The molecule has 4 rings (SSSR count). The standard InChI is InChI=1S/C26H23N3O5/c1-26(19-10-14-21(34-2)15-11-19)24(32)29(25(33)28-26)16-22(30)17-8-12-20(13-9-17)27-23(31)18-6-4-3-5-7-18/h3-15H,16H2,1-2H3,(H,27,31)(H,28,33)/t26-/m0/s1. The number of ketones is 1. The van der Waals surface area contributed by atoms with Crippen molar-refractivity contribution in [1.82, 2.24) is 10.2 Å². The molecule has 1 heterocycles. The molecule has 34 heavy (non-hydrogen) atoms. The Hall–Kier alpha value is -4.46. The minimum absolute atomic E-state index is 0.267. The number of hydrogen-bond donors (Lipinski definition) is 2. The van der Waals surface area contributed by atoms with Crippen molar-refractivity contribution in [2.75, 3.05) is 19.0 Å². The van der Waals surface area contributed by atoms with Crippen LogP contribution in [0, 0.1) is 0 Å². The number of nitrogens with one attached hydrogen (secondary N) is 2. The van der Waals surface area contributed by atoms with Crippen LogP contribution in [0.5, 0.6) is 5.75 Å². The van der Waals surface area contributed by atoms with Gasteiger partial charge in [-0.3, -0.25) is 19.3 Å². The van der Waals surface area contributed by atoms with Gasteiger partial charge in [0.15, 0.2) is 5.78 Å². The first-order chi connectivity index (χ1) is 16.3. The lowest BCUT2D eigenvalue weighted by Crippen LogP contribution is -2.41. The van der Waals surface area contributed by atoms with Gasteiger partial charge in [0.25, 0.3) is 11.8 Å². The number of ether oxygens (including phenoxy) is 1. The van der Waals surface area contributed by atoms with Gasteiger partial charge in [-0.15, -0.1) is 0 Å². The summed E-state index contributed by atoms with van der Waals surface area (Å²) in [7, 11) is 1.54. The van der Waals surface area contributed by atoms with Gasteiger partial charge in [0.05, 0.1) is 13.7 Å². The third kappa shape index (κ3) is 4.38. The molecule has 0 aliphatic carbocycles. The Balaban J connectivity index is 1.43. The van der Waals surface area contributed by atoms with Gasteiger partial charge < -0.3 is 15.4 Å². The highest BCUT2D eigenvalue weighted by molar-refractivity contribution is 6.11. The van der Waals surface area contributed by atoms with Crippen LogP contribution in [-0.2, 0) is 10.3 Å². The number of benzene rings is 3. The van der Waals surface area contributed by atoms with Crippen molar-refractivity contribution >= 4 is 29.3 Å². The highest BCUT2D eigenvalue weighted by atomic mass is 16.5. The molecule has 0 spiro atoms. The number of nitrogens with zero attached hydrogens (tertiary/aromatic N) is 1. The van der Waals surface area contributed by atoms with Gasteiger partial charge in [0.2, 0.25) is 0 Å². The third-order valence-electron chi connectivity index (χ3n) is 5.74. The van der Waals surface area contributed by atoms with Gasteiger partial charge in [0, 0.05) is 16.8 Å². The fourth-order valence-electron chi connectivity index (χ4n) is 3.73. The van der Waals surface area contributed by atoms with Crippen LogP contribution in [0.1, 0.15) is 33.2 Å². The van der Waals surface area contributed by atoms with E-state index in [0.717, 1.165) is 4.90 Å². The van der Waals surface area contributed by atoms with Crippen LogP contribution in [0.15, 0.2) is 78.9 Å². The zero-order valence-electron chi connectivity index (χ0n) is 18.7. The molecule has 3 aromatic carbocycles. The molecule has 1 aliphatic heterocycles. The second kappa shape index (κ2) is 9.19. The number of carbonyl (C=O) groups is 4. The molecule has 4 amide bonds. The minimum Gasteiger partial charge on any atom is -0.497 e. The highest BCUT2D eigenvalue weighted by Crippen LogP contribution is 2.30. The van der Waals surface area contributed by atoms with Gasteiger partial charge in [-0.25, -0.2) is 4.79 Å². The molecule has 0 aromatic heterocycles. The number of amides is 4. The lowest BCUT2D eigenvalue weighted by Gasteiger charge is -2.22. The predicted octanol–water partition coefficient (Wildman–Crippen LogP) is 3.60. The number of anilines is 1. The normalized spacial score (nSPS) is 17.3. The van der Waals surface area contributed by atoms with E-state index < -0.39 is 29.8 Å².